The van der Waals surface area contributed by atoms with Crippen molar-refractivity contribution in [2.75, 3.05) is 19.0 Å². The molecule has 1 unspecified atom stereocenters. The Morgan fingerprint density at radius 1 is 1.56 bits per heavy atom. The first-order valence-corrected chi connectivity index (χ1v) is 4.90. The first-order chi connectivity index (χ1) is 7.63. The van der Waals surface area contributed by atoms with E-state index < -0.39 is 12.0 Å². The minimum atomic E-state index is -0.943. The van der Waals surface area contributed by atoms with Crippen LogP contribution in [0.15, 0.2) is 12.4 Å². The fraction of sp³-hybridized carbons (Fsp3) is 0.500. The van der Waals surface area contributed by atoms with Gasteiger partial charge in [0.05, 0.1) is 0 Å². The van der Waals surface area contributed by atoms with Gasteiger partial charge in [0.1, 0.15) is 6.04 Å². The summed E-state index contributed by atoms with van der Waals surface area (Å²) in [4.78, 5) is 18.9. The van der Waals surface area contributed by atoms with Crippen LogP contribution in [0, 0.1) is 6.92 Å². The maximum Gasteiger partial charge on any atom is 0.326 e. The SMILES string of the molecule is COCCC(Nc1ncc(C)cn1)C(=O)O. The third kappa shape index (κ3) is 3.82. The zero-order valence-corrected chi connectivity index (χ0v) is 9.30. The predicted octanol–water partition coefficient (Wildman–Crippen LogP) is 0.687. The molecule has 0 saturated heterocycles. The van der Waals surface area contributed by atoms with Crippen LogP contribution in [0.3, 0.4) is 0 Å². The minimum Gasteiger partial charge on any atom is -0.480 e. The molecule has 0 aliphatic rings. The number of hydrogen-bond donors (Lipinski definition) is 2. The number of ether oxygens (including phenoxy) is 1. The molecule has 16 heavy (non-hydrogen) atoms. The van der Waals surface area contributed by atoms with Gasteiger partial charge in [-0.3, -0.25) is 0 Å². The molecule has 1 aromatic heterocycles. The van der Waals surface area contributed by atoms with Crippen molar-refractivity contribution in [1.29, 1.82) is 0 Å². The summed E-state index contributed by atoms with van der Waals surface area (Å²) in [6.07, 6.45) is 3.62. The molecule has 0 aliphatic heterocycles. The average molecular weight is 225 g/mol. The van der Waals surface area contributed by atoms with Crippen LogP contribution < -0.4 is 5.32 Å². The van der Waals surface area contributed by atoms with Crippen LogP contribution in [0.2, 0.25) is 0 Å². The molecule has 1 atom stereocenters. The van der Waals surface area contributed by atoms with E-state index >= 15 is 0 Å². The predicted molar refractivity (Wildman–Crippen MR) is 58.3 cm³/mol. The summed E-state index contributed by atoms with van der Waals surface area (Å²) in [5.41, 5.74) is 0.925. The van der Waals surface area contributed by atoms with Crippen LogP contribution in [-0.2, 0) is 9.53 Å². The zero-order valence-electron chi connectivity index (χ0n) is 9.30. The molecule has 0 spiro atoms. The number of carboxylic acid groups (broad SMARTS) is 1. The van der Waals surface area contributed by atoms with Gasteiger partial charge in [-0.15, -0.1) is 0 Å². The Kier molecular flexibility index (Phi) is 4.65. The molecule has 88 valence electrons. The molecule has 0 aliphatic carbocycles. The van der Waals surface area contributed by atoms with Crippen LogP contribution in [-0.4, -0.2) is 40.8 Å². The number of carboxylic acids is 1. The summed E-state index contributed by atoms with van der Waals surface area (Å²) in [6, 6.07) is -0.734. The monoisotopic (exact) mass is 225 g/mol. The van der Waals surface area contributed by atoms with E-state index in [1.807, 2.05) is 6.92 Å². The van der Waals surface area contributed by atoms with Crippen LogP contribution in [0.4, 0.5) is 5.95 Å². The van der Waals surface area contributed by atoms with Gasteiger partial charge in [-0.25, -0.2) is 14.8 Å². The molecular weight excluding hydrogens is 210 g/mol. The first kappa shape index (κ1) is 12.4. The Morgan fingerprint density at radius 2 is 2.19 bits per heavy atom. The lowest BCUT2D eigenvalue weighted by Gasteiger charge is -2.13. The second-order valence-corrected chi connectivity index (χ2v) is 3.40. The highest BCUT2D eigenvalue weighted by Gasteiger charge is 2.17. The zero-order chi connectivity index (χ0) is 12.0. The summed E-state index contributed by atoms with van der Waals surface area (Å²) in [5, 5.41) is 11.7. The summed E-state index contributed by atoms with van der Waals surface area (Å²) in [7, 11) is 1.53. The van der Waals surface area contributed by atoms with Crippen molar-refractivity contribution in [2.24, 2.45) is 0 Å². The van der Waals surface area contributed by atoms with E-state index in [0.717, 1.165) is 5.56 Å². The highest BCUT2D eigenvalue weighted by Crippen LogP contribution is 2.04. The molecule has 1 rings (SSSR count). The number of aromatic nitrogens is 2. The number of aliphatic carboxylic acids is 1. The normalized spacial score (nSPS) is 12.1. The first-order valence-electron chi connectivity index (χ1n) is 4.90. The van der Waals surface area contributed by atoms with E-state index in [1.54, 1.807) is 12.4 Å². The van der Waals surface area contributed by atoms with Crippen molar-refractivity contribution in [3.05, 3.63) is 18.0 Å². The van der Waals surface area contributed by atoms with E-state index in [4.69, 9.17) is 9.84 Å². The van der Waals surface area contributed by atoms with Crippen molar-refractivity contribution in [3.63, 3.8) is 0 Å². The molecule has 0 bridgehead atoms. The fourth-order valence-electron chi connectivity index (χ4n) is 1.12. The van der Waals surface area contributed by atoms with Crippen molar-refractivity contribution < 1.29 is 14.6 Å². The van der Waals surface area contributed by atoms with Crippen LogP contribution in [0.25, 0.3) is 0 Å². The molecule has 0 radical (unpaired) electrons. The van der Waals surface area contributed by atoms with Gasteiger partial charge in [0, 0.05) is 32.5 Å². The number of hydrogen-bond acceptors (Lipinski definition) is 5. The van der Waals surface area contributed by atoms with E-state index in [-0.39, 0.29) is 0 Å². The van der Waals surface area contributed by atoms with Crippen molar-refractivity contribution in [3.8, 4) is 0 Å². The Bertz CT molecular complexity index is 340. The fourth-order valence-corrected chi connectivity index (χ4v) is 1.12. The van der Waals surface area contributed by atoms with Gasteiger partial charge < -0.3 is 15.2 Å². The smallest absolute Gasteiger partial charge is 0.326 e. The van der Waals surface area contributed by atoms with E-state index in [0.29, 0.717) is 19.0 Å². The lowest BCUT2D eigenvalue weighted by Crippen LogP contribution is -2.31. The number of rotatable bonds is 6. The van der Waals surface area contributed by atoms with Gasteiger partial charge in [-0.1, -0.05) is 0 Å². The van der Waals surface area contributed by atoms with E-state index in [9.17, 15) is 4.79 Å². The molecule has 6 nitrogen and oxygen atoms in total. The summed E-state index contributed by atoms with van der Waals surface area (Å²) < 4.78 is 4.84. The quantitative estimate of drug-likeness (QED) is 0.740. The maximum atomic E-state index is 10.9. The number of nitrogens with one attached hydrogen (secondary N) is 1. The molecule has 1 heterocycles. The van der Waals surface area contributed by atoms with E-state index in [1.165, 1.54) is 7.11 Å². The summed E-state index contributed by atoms with van der Waals surface area (Å²) in [6.45, 7) is 2.24. The number of nitrogens with zero attached hydrogens (tertiary/aromatic N) is 2. The largest absolute Gasteiger partial charge is 0.480 e. The molecule has 1 aromatic rings. The number of carbonyl (C=O) groups is 1. The highest BCUT2D eigenvalue weighted by atomic mass is 16.5. The molecule has 0 fully saturated rings. The molecular formula is C10H15N3O3. The number of anilines is 1. The standard InChI is InChI=1S/C10H15N3O3/c1-7-5-11-10(12-6-7)13-8(9(14)15)3-4-16-2/h5-6,8H,3-4H2,1-2H3,(H,14,15)(H,11,12,13). The lowest BCUT2D eigenvalue weighted by molar-refractivity contribution is -0.138. The highest BCUT2D eigenvalue weighted by molar-refractivity contribution is 5.76. The lowest BCUT2D eigenvalue weighted by atomic mass is 10.2. The number of aryl methyl sites for hydroxylation is 1. The topological polar surface area (TPSA) is 84.3 Å². The molecule has 2 N–H and O–H groups in total. The Labute approximate surface area is 93.7 Å². The van der Waals surface area contributed by atoms with Crippen molar-refractivity contribution >= 4 is 11.9 Å². The Hall–Kier alpha value is -1.69. The van der Waals surface area contributed by atoms with Crippen molar-refractivity contribution in [1.82, 2.24) is 9.97 Å². The van der Waals surface area contributed by atoms with Crippen molar-refractivity contribution in [2.45, 2.75) is 19.4 Å². The Morgan fingerprint density at radius 3 is 2.69 bits per heavy atom. The minimum absolute atomic E-state index is 0.314. The second kappa shape index (κ2) is 6.02. The third-order valence-electron chi connectivity index (χ3n) is 1.99. The van der Waals surface area contributed by atoms with Gasteiger partial charge in [0.15, 0.2) is 0 Å². The van der Waals surface area contributed by atoms with Gasteiger partial charge in [0.2, 0.25) is 5.95 Å². The van der Waals surface area contributed by atoms with Gasteiger partial charge >= 0.3 is 5.97 Å². The second-order valence-electron chi connectivity index (χ2n) is 3.40. The van der Waals surface area contributed by atoms with Crippen LogP contribution in [0.5, 0.6) is 0 Å². The average Bonchev–Trinajstić information content (AvgIpc) is 2.26. The summed E-state index contributed by atoms with van der Waals surface area (Å²) >= 11 is 0. The van der Waals surface area contributed by atoms with Crippen LogP contribution in [0.1, 0.15) is 12.0 Å². The van der Waals surface area contributed by atoms with E-state index in [2.05, 4.69) is 15.3 Å². The van der Waals surface area contributed by atoms with Gasteiger partial charge in [-0.2, -0.15) is 0 Å². The number of methoxy groups -OCH3 is 1. The molecule has 0 saturated carbocycles. The maximum absolute atomic E-state index is 10.9. The van der Waals surface area contributed by atoms with Gasteiger partial charge in [-0.05, 0) is 12.5 Å². The summed E-state index contributed by atoms with van der Waals surface area (Å²) in [5.74, 6) is -0.629. The third-order valence-corrected chi connectivity index (χ3v) is 1.99. The van der Waals surface area contributed by atoms with Crippen LogP contribution >= 0.6 is 0 Å². The van der Waals surface area contributed by atoms with Gasteiger partial charge in [0.25, 0.3) is 0 Å². The molecule has 0 amide bonds. The molecule has 0 aromatic carbocycles. The Balaban J connectivity index is 2.60. The molecule has 6 heteroatoms.